The molecule has 8 rings (SSSR count). The van der Waals surface area contributed by atoms with Crippen molar-refractivity contribution in [2.75, 3.05) is 44.2 Å². The minimum Gasteiger partial charge on any atom is -0.494 e. The van der Waals surface area contributed by atoms with Gasteiger partial charge in [0, 0.05) is 44.1 Å². The number of rotatable bonds is 9. The number of aromatic nitrogens is 2. The van der Waals surface area contributed by atoms with E-state index < -0.39 is 0 Å². The lowest BCUT2D eigenvalue weighted by Crippen LogP contribution is -2.51. The summed E-state index contributed by atoms with van der Waals surface area (Å²) in [6.45, 7) is 8.20. The van der Waals surface area contributed by atoms with Gasteiger partial charge in [-0.3, -0.25) is 9.69 Å². The first-order valence-electron chi connectivity index (χ1n) is 15.4. The molecule has 5 fully saturated rings. The van der Waals surface area contributed by atoms with Crippen molar-refractivity contribution in [3.63, 3.8) is 0 Å². The van der Waals surface area contributed by atoms with Crippen molar-refractivity contribution in [2.24, 2.45) is 23.2 Å². The van der Waals surface area contributed by atoms with Gasteiger partial charge in [-0.1, -0.05) is 12.1 Å². The van der Waals surface area contributed by atoms with E-state index in [0.29, 0.717) is 17.7 Å². The molecule has 0 unspecified atom stereocenters. The Hall–Kier alpha value is -2.97. The molecule has 1 amide bonds. The largest absolute Gasteiger partial charge is 0.494 e. The lowest BCUT2D eigenvalue weighted by atomic mass is 9.49. The van der Waals surface area contributed by atoms with E-state index in [9.17, 15) is 4.79 Å². The highest BCUT2D eigenvalue weighted by Crippen LogP contribution is 2.59. The smallest absolute Gasteiger partial charge is 0.271 e. The molecule has 1 aromatic carbocycles. The lowest BCUT2D eigenvalue weighted by molar-refractivity contribution is -0.0503. The third kappa shape index (κ3) is 5.86. The zero-order valence-corrected chi connectivity index (χ0v) is 24.9. The average molecular weight is 572 g/mol. The van der Waals surface area contributed by atoms with Gasteiger partial charge in [-0.15, -0.1) is 21.5 Å². The van der Waals surface area contributed by atoms with Crippen LogP contribution in [0, 0.1) is 23.2 Å². The second kappa shape index (κ2) is 11.4. The minimum atomic E-state index is -0.0791. The second-order valence-corrected chi connectivity index (χ2v) is 13.9. The van der Waals surface area contributed by atoms with Crippen LogP contribution < -0.4 is 15.0 Å². The zero-order valence-electron chi connectivity index (χ0n) is 24.1. The lowest BCUT2D eigenvalue weighted by Gasteiger charge is -2.56. The molecule has 7 nitrogen and oxygen atoms in total. The molecule has 41 heavy (non-hydrogen) atoms. The number of carbonyl (C=O) groups excluding carboxylic acids is 1. The van der Waals surface area contributed by atoms with Gasteiger partial charge in [0.05, 0.1) is 6.61 Å². The molecule has 3 heterocycles. The SMILES string of the molecule is CCOc1cccc(-c2csc(CN3CCN(c4ccc(C(=O)NCC56CC7CC(CC(C7)C5)C6)nn4)CC3)c2)c1. The van der Waals surface area contributed by atoms with Gasteiger partial charge in [0.2, 0.25) is 0 Å². The van der Waals surface area contributed by atoms with E-state index in [1.807, 2.05) is 36.5 Å². The van der Waals surface area contributed by atoms with Crippen molar-refractivity contribution in [1.29, 1.82) is 0 Å². The van der Waals surface area contributed by atoms with Crippen LogP contribution in [0.3, 0.4) is 0 Å². The highest BCUT2D eigenvalue weighted by atomic mass is 32.1. The van der Waals surface area contributed by atoms with Gasteiger partial charge in [0.1, 0.15) is 5.75 Å². The Balaban J connectivity index is 0.892. The highest BCUT2D eigenvalue weighted by Gasteiger charge is 2.50. The summed E-state index contributed by atoms with van der Waals surface area (Å²) in [6.07, 6.45) is 8.17. The van der Waals surface area contributed by atoms with Gasteiger partial charge >= 0.3 is 0 Å². The third-order valence-electron chi connectivity index (χ3n) is 9.88. The van der Waals surface area contributed by atoms with Crippen molar-refractivity contribution < 1.29 is 9.53 Å². The zero-order chi connectivity index (χ0) is 27.8. The molecule has 4 aliphatic carbocycles. The molecule has 0 spiro atoms. The Morgan fingerprint density at radius 3 is 2.41 bits per heavy atom. The number of carbonyl (C=O) groups is 1. The number of nitrogens with one attached hydrogen (secondary N) is 1. The maximum Gasteiger partial charge on any atom is 0.271 e. The van der Waals surface area contributed by atoms with Crippen LogP contribution in [0.15, 0.2) is 47.8 Å². The van der Waals surface area contributed by atoms with E-state index in [4.69, 9.17) is 4.74 Å². The topological polar surface area (TPSA) is 70.6 Å². The maximum absolute atomic E-state index is 12.9. The van der Waals surface area contributed by atoms with E-state index in [-0.39, 0.29) is 5.91 Å². The highest BCUT2D eigenvalue weighted by molar-refractivity contribution is 7.10. The van der Waals surface area contributed by atoms with Crippen LogP contribution in [-0.2, 0) is 6.54 Å². The van der Waals surface area contributed by atoms with Gasteiger partial charge in [-0.05, 0) is 115 Å². The third-order valence-corrected chi connectivity index (χ3v) is 10.8. The molecule has 0 radical (unpaired) electrons. The summed E-state index contributed by atoms with van der Waals surface area (Å²) in [6, 6.07) is 14.4. The molecule has 4 saturated carbocycles. The normalized spacial score (nSPS) is 27.2. The Morgan fingerprint density at radius 2 is 1.73 bits per heavy atom. The first-order valence-corrected chi connectivity index (χ1v) is 16.3. The molecule has 8 heteroatoms. The fourth-order valence-corrected chi connectivity index (χ4v) is 9.32. The van der Waals surface area contributed by atoms with Crippen LogP contribution in [-0.4, -0.2) is 60.3 Å². The number of nitrogens with zero attached hydrogens (tertiary/aromatic N) is 4. The quantitative estimate of drug-likeness (QED) is 0.346. The second-order valence-electron chi connectivity index (χ2n) is 12.9. The molecular weight excluding hydrogens is 530 g/mol. The fourth-order valence-electron chi connectivity index (χ4n) is 8.38. The number of piperazine rings is 1. The summed E-state index contributed by atoms with van der Waals surface area (Å²) in [7, 11) is 0. The van der Waals surface area contributed by atoms with Gasteiger partial charge in [0.15, 0.2) is 11.5 Å². The molecule has 216 valence electrons. The van der Waals surface area contributed by atoms with Gasteiger partial charge in [-0.25, -0.2) is 0 Å². The van der Waals surface area contributed by atoms with Crippen molar-refractivity contribution in [3.05, 3.63) is 58.4 Å². The van der Waals surface area contributed by atoms with Gasteiger partial charge in [0.25, 0.3) is 5.91 Å². The molecule has 2 aromatic heterocycles. The number of thiophene rings is 1. The molecule has 3 aromatic rings. The van der Waals surface area contributed by atoms with Crippen LogP contribution in [0.25, 0.3) is 11.1 Å². The first-order chi connectivity index (χ1) is 20.0. The molecule has 1 saturated heterocycles. The summed E-state index contributed by atoms with van der Waals surface area (Å²) in [5.74, 6) is 4.38. The average Bonchev–Trinajstić information content (AvgIpc) is 3.45. The summed E-state index contributed by atoms with van der Waals surface area (Å²) in [5, 5.41) is 14.3. The number of hydrogen-bond donors (Lipinski definition) is 1. The van der Waals surface area contributed by atoms with E-state index in [1.54, 1.807) is 0 Å². The Morgan fingerprint density at radius 1 is 0.976 bits per heavy atom. The molecule has 0 atom stereocenters. The van der Waals surface area contributed by atoms with E-state index in [1.165, 1.54) is 54.5 Å². The summed E-state index contributed by atoms with van der Waals surface area (Å²) in [4.78, 5) is 19.1. The predicted octanol–water partition coefficient (Wildman–Crippen LogP) is 5.87. The molecule has 4 bridgehead atoms. The number of hydrogen-bond acceptors (Lipinski definition) is 7. The van der Waals surface area contributed by atoms with Crippen LogP contribution in [0.4, 0.5) is 5.82 Å². The van der Waals surface area contributed by atoms with Gasteiger partial charge in [-0.2, -0.15) is 0 Å². The fraction of sp³-hybridized carbons (Fsp3) is 0.545. The molecule has 1 aliphatic heterocycles. The molecular formula is C33H41N5O2S. The molecule has 1 N–H and O–H groups in total. The predicted molar refractivity (Wildman–Crippen MR) is 163 cm³/mol. The van der Waals surface area contributed by atoms with Crippen LogP contribution in [0.5, 0.6) is 5.75 Å². The Labute approximate surface area is 247 Å². The van der Waals surface area contributed by atoms with Gasteiger partial charge < -0.3 is 15.0 Å². The van der Waals surface area contributed by atoms with Crippen LogP contribution >= 0.6 is 11.3 Å². The Kier molecular flexibility index (Phi) is 7.46. The van der Waals surface area contributed by atoms with E-state index in [2.05, 4.69) is 55.0 Å². The number of benzene rings is 1. The number of anilines is 1. The van der Waals surface area contributed by atoms with Crippen molar-refractivity contribution in [2.45, 2.75) is 52.0 Å². The minimum absolute atomic E-state index is 0.0791. The van der Waals surface area contributed by atoms with Crippen molar-refractivity contribution in [1.82, 2.24) is 20.4 Å². The number of amides is 1. The summed E-state index contributed by atoms with van der Waals surface area (Å²) in [5.41, 5.74) is 3.21. The maximum atomic E-state index is 12.9. The van der Waals surface area contributed by atoms with Crippen molar-refractivity contribution in [3.8, 4) is 16.9 Å². The Bertz CT molecular complexity index is 1330. The van der Waals surface area contributed by atoms with E-state index >= 15 is 0 Å². The summed E-state index contributed by atoms with van der Waals surface area (Å²) >= 11 is 1.82. The molecule has 5 aliphatic rings. The summed E-state index contributed by atoms with van der Waals surface area (Å²) < 4.78 is 5.67. The monoisotopic (exact) mass is 571 g/mol. The van der Waals surface area contributed by atoms with Crippen LogP contribution in [0.1, 0.15) is 60.8 Å². The standard InChI is InChI=1S/C33H41N5O2S/c1-2-40-28-5-3-4-26(15-28)27-16-29(41-21-27)20-37-8-10-38(11-9-37)31-7-6-30(35-36-31)32(39)34-22-33-17-23-12-24(18-33)14-25(13-23)19-33/h3-7,15-16,21,23-25H,2,8-14,17-20,22H2,1H3,(H,34,39). The van der Waals surface area contributed by atoms with E-state index in [0.717, 1.165) is 68.6 Å². The van der Waals surface area contributed by atoms with Crippen LogP contribution in [0.2, 0.25) is 0 Å². The van der Waals surface area contributed by atoms with Crippen molar-refractivity contribution >= 4 is 23.1 Å². The first kappa shape index (κ1) is 26.9. The number of ether oxygens (including phenoxy) is 1.